The summed E-state index contributed by atoms with van der Waals surface area (Å²) in [5.74, 6) is 1.41. The minimum Gasteiger partial charge on any atom is -0.493 e. The van der Waals surface area contributed by atoms with Gasteiger partial charge in [-0.2, -0.15) is 0 Å². The van der Waals surface area contributed by atoms with Crippen molar-refractivity contribution < 1.29 is 18.7 Å². The van der Waals surface area contributed by atoms with Crippen molar-refractivity contribution in [2.75, 3.05) is 19.5 Å². The van der Waals surface area contributed by atoms with Gasteiger partial charge in [0.2, 0.25) is 5.91 Å². The molecule has 9 heteroatoms. The molecule has 2 heterocycles. The summed E-state index contributed by atoms with van der Waals surface area (Å²) < 4.78 is 16.0. The summed E-state index contributed by atoms with van der Waals surface area (Å²) in [7, 11) is 3.10. The topological polar surface area (TPSA) is 86.5 Å². The SMILES string of the molecule is COc1ccc(NC(=O)[C@@H](C)Sc2nnc(-c3cccs3)o2)cc1OC. The average Bonchev–Trinajstić information content (AvgIpc) is 3.33. The van der Waals surface area contributed by atoms with E-state index in [1.54, 1.807) is 39.3 Å². The van der Waals surface area contributed by atoms with Crippen LogP contribution in [0.15, 0.2) is 45.4 Å². The van der Waals surface area contributed by atoms with Crippen molar-refractivity contribution in [3.05, 3.63) is 35.7 Å². The first kappa shape index (κ1) is 18.3. The third-order valence-electron chi connectivity index (χ3n) is 3.44. The van der Waals surface area contributed by atoms with E-state index >= 15 is 0 Å². The minimum absolute atomic E-state index is 0.182. The first-order chi connectivity index (χ1) is 12.6. The second-order valence-electron chi connectivity index (χ2n) is 5.17. The molecule has 0 spiro atoms. The maximum Gasteiger partial charge on any atom is 0.277 e. The minimum atomic E-state index is -0.417. The Bertz CT molecular complexity index is 880. The normalized spacial score (nSPS) is 11.8. The molecule has 0 aliphatic rings. The van der Waals surface area contributed by atoms with Gasteiger partial charge in [-0.05, 0) is 30.5 Å². The largest absolute Gasteiger partial charge is 0.493 e. The molecule has 3 aromatic rings. The Morgan fingerprint density at radius 2 is 2.04 bits per heavy atom. The maximum absolute atomic E-state index is 12.4. The lowest BCUT2D eigenvalue weighted by atomic mass is 10.2. The van der Waals surface area contributed by atoms with Crippen LogP contribution in [-0.2, 0) is 4.79 Å². The number of nitrogens with one attached hydrogen (secondary N) is 1. The second kappa shape index (κ2) is 8.24. The Labute approximate surface area is 158 Å². The molecule has 26 heavy (non-hydrogen) atoms. The number of aromatic nitrogens is 2. The first-order valence-corrected chi connectivity index (χ1v) is 9.43. The molecule has 0 aliphatic carbocycles. The number of hydrogen-bond donors (Lipinski definition) is 1. The van der Waals surface area contributed by atoms with Gasteiger partial charge < -0.3 is 19.2 Å². The average molecular weight is 391 g/mol. The molecule has 0 aliphatic heterocycles. The first-order valence-electron chi connectivity index (χ1n) is 7.67. The number of nitrogens with zero attached hydrogens (tertiary/aromatic N) is 2. The van der Waals surface area contributed by atoms with Gasteiger partial charge in [-0.15, -0.1) is 21.5 Å². The zero-order valence-electron chi connectivity index (χ0n) is 14.4. The molecule has 1 aromatic carbocycles. The van der Waals surface area contributed by atoms with Crippen LogP contribution in [0, 0.1) is 0 Å². The smallest absolute Gasteiger partial charge is 0.277 e. The molecular weight excluding hydrogens is 374 g/mol. The maximum atomic E-state index is 12.4. The predicted molar refractivity (Wildman–Crippen MR) is 101 cm³/mol. The summed E-state index contributed by atoms with van der Waals surface area (Å²) >= 11 is 2.72. The molecule has 0 bridgehead atoms. The van der Waals surface area contributed by atoms with E-state index in [4.69, 9.17) is 13.9 Å². The van der Waals surface area contributed by atoms with E-state index in [0.717, 1.165) is 4.88 Å². The van der Waals surface area contributed by atoms with Crippen molar-refractivity contribution in [3.8, 4) is 22.3 Å². The van der Waals surface area contributed by atoms with Crippen molar-refractivity contribution in [2.45, 2.75) is 17.4 Å². The number of hydrogen-bond acceptors (Lipinski definition) is 8. The molecule has 3 rings (SSSR count). The summed E-state index contributed by atoms with van der Waals surface area (Å²) in [5, 5.41) is 12.7. The van der Waals surface area contributed by atoms with Crippen LogP contribution < -0.4 is 14.8 Å². The van der Waals surface area contributed by atoms with Crippen molar-refractivity contribution in [3.63, 3.8) is 0 Å². The number of carbonyl (C=O) groups excluding carboxylic acids is 1. The van der Waals surface area contributed by atoms with Crippen LogP contribution in [0.25, 0.3) is 10.8 Å². The predicted octanol–water partition coefficient (Wildman–Crippen LogP) is 3.93. The Morgan fingerprint density at radius 1 is 1.23 bits per heavy atom. The zero-order valence-corrected chi connectivity index (χ0v) is 16.0. The van der Waals surface area contributed by atoms with Crippen molar-refractivity contribution in [1.82, 2.24) is 10.2 Å². The van der Waals surface area contributed by atoms with E-state index in [9.17, 15) is 4.79 Å². The van der Waals surface area contributed by atoms with E-state index in [0.29, 0.717) is 28.3 Å². The van der Waals surface area contributed by atoms with Gasteiger partial charge in [0.25, 0.3) is 11.1 Å². The number of thiophene rings is 1. The fourth-order valence-electron chi connectivity index (χ4n) is 2.12. The van der Waals surface area contributed by atoms with Crippen LogP contribution in [0.5, 0.6) is 11.5 Å². The lowest BCUT2D eigenvalue weighted by Gasteiger charge is -2.12. The highest BCUT2D eigenvalue weighted by Gasteiger charge is 2.19. The Kier molecular flexibility index (Phi) is 5.79. The number of carbonyl (C=O) groups is 1. The van der Waals surface area contributed by atoms with Crippen LogP contribution in [0.3, 0.4) is 0 Å². The van der Waals surface area contributed by atoms with Gasteiger partial charge in [-0.25, -0.2) is 0 Å². The van der Waals surface area contributed by atoms with Gasteiger partial charge in [0.1, 0.15) is 0 Å². The molecule has 2 aromatic heterocycles. The molecule has 0 saturated heterocycles. The Morgan fingerprint density at radius 3 is 2.73 bits per heavy atom. The van der Waals surface area contributed by atoms with Crippen LogP contribution in [-0.4, -0.2) is 35.6 Å². The van der Waals surface area contributed by atoms with Crippen LogP contribution >= 0.6 is 23.1 Å². The van der Waals surface area contributed by atoms with E-state index < -0.39 is 5.25 Å². The number of anilines is 1. The van der Waals surface area contributed by atoms with Crippen LogP contribution in [0.4, 0.5) is 5.69 Å². The molecule has 1 atom stereocenters. The van der Waals surface area contributed by atoms with Crippen molar-refractivity contribution in [2.24, 2.45) is 0 Å². The molecule has 0 fully saturated rings. The monoisotopic (exact) mass is 391 g/mol. The van der Waals surface area contributed by atoms with E-state index in [1.807, 2.05) is 17.5 Å². The molecular formula is C17H17N3O4S2. The Hall–Kier alpha value is -2.52. The summed E-state index contributed by atoms with van der Waals surface area (Å²) in [5.41, 5.74) is 0.616. The number of rotatable bonds is 7. The number of thioether (sulfide) groups is 1. The fraction of sp³-hybridized carbons (Fsp3) is 0.235. The lowest BCUT2D eigenvalue weighted by molar-refractivity contribution is -0.115. The number of amides is 1. The Balaban J connectivity index is 1.63. The van der Waals surface area contributed by atoms with E-state index in [-0.39, 0.29) is 5.91 Å². The number of ether oxygens (including phenoxy) is 2. The highest BCUT2D eigenvalue weighted by Crippen LogP contribution is 2.31. The van der Waals surface area contributed by atoms with Crippen LogP contribution in [0.1, 0.15) is 6.92 Å². The molecule has 7 nitrogen and oxygen atoms in total. The standard InChI is InChI=1S/C17H17N3O4S2/c1-10(26-17-20-19-16(24-17)14-5-4-8-25-14)15(21)18-11-6-7-12(22-2)13(9-11)23-3/h4-10H,1-3H3,(H,18,21)/t10-/m1/s1. The third-order valence-corrected chi connectivity index (χ3v) is 5.23. The molecule has 0 unspecified atom stereocenters. The summed E-state index contributed by atoms with van der Waals surface area (Å²) in [6.45, 7) is 1.77. The van der Waals surface area contributed by atoms with Gasteiger partial charge in [-0.3, -0.25) is 4.79 Å². The molecule has 1 N–H and O–H groups in total. The quantitative estimate of drug-likeness (QED) is 0.611. The highest BCUT2D eigenvalue weighted by molar-refractivity contribution is 8.00. The summed E-state index contributed by atoms with van der Waals surface area (Å²) in [4.78, 5) is 13.3. The molecule has 0 radical (unpaired) electrons. The van der Waals surface area contributed by atoms with Gasteiger partial charge in [0.05, 0.1) is 24.3 Å². The lowest BCUT2D eigenvalue weighted by Crippen LogP contribution is -2.22. The molecule has 136 valence electrons. The fourth-order valence-corrected chi connectivity index (χ4v) is 3.45. The van der Waals surface area contributed by atoms with Crippen molar-refractivity contribution >= 4 is 34.7 Å². The van der Waals surface area contributed by atoms with Gasteiger partial charge >= 0.3 is 0 Å². The molecule has 1 amide bonds. The second-order valence-corrected chi connectivity index (χ2v) is 7.41. The highest BCUT2D eigenvalue weighted by atomic mass is 32.2. The van der Waals surface area contributed by atoms with Gasteiger partial charge in [0.15, 0.2) is 11.5 Å². The van der Waals surface area contributed by atoms with Crippen LogP contribution in [0.2, 0.25) is 0 Å². The number of methoxy groups -OCH3 is 2. The van der Waals surface area contributed by atoms with Gasteiger partial charge in [-0.1, -0.05) is 17.8 Å². The van der Waals surface area contributed by atoms with E-state index in [1.165, 1.54) is 23.1 Å². The summed E-state index contributed by atoms with van der Waals surface area (Å²) in [6, 6.07) is 9.00. The third kappa shape index (κ3) is 4.17. The summed E-state index contributed by atoms with van der Waals surface area (Å²) in [6.07, 6.45) is 0. The van der Waals surface area contributed by atoms with Crippen molar-refractivity contribution in [1.29, 1.82) is 0 Å². The van der Waals surface area contributed by atoms with Gasteiger partial charge in [0, 0.05) is 11.8 Å². The zero-order chi connectivity index (χ0) is 18.5. The number of benzene rings is 1. The molecule has 0 saturated carbocycles. The van der Waals surface area contributed by atoms with E-state index in [2.05, 4.69) is 15.5 Å².